The minimum atomic E-state index is 0.282. The molecular formula is C25H29ClN2O2. The van der Waals surface area contributed by atoms with Gasteiger partial charge in [0.05, 0.1) is 7.11 Å². The van der Waals surface area contributed by atoms with Crippen molar-refractivity contribution in [3.8, 4) is 5.75 Å². The zero-order valence-corrected chi connectivity index (χ0v) is 18.2. The molecule has 3 aliphatic rings. The first-order chi connectivity index (χ1) is 14.6. The molecule has 2 heterocycles. The first kappa shape index (κ1) is 19.9. The number of ether oxygens (including phenoxy) is 1. The van der Waals surface area contributed by atoms with Crippen molar-refractivity contribution in [3.05, 3.63) is 64.7 Å². The maximum atomic E-state index is 13.0. The average molecular weight is 425 g/mol. The molecule has 1 aliphatic carbocycles. The molecule has 3 atom stereocenters. The average Bonchev–Trinajstić information content (AvgIpc) is 3.54. The zero-order valence-electron chi connectivity index (χ0n) is 17.5. The molecule has 0 aromatic heterocycles. The summed E-state index contributed by atoms with van der Waals surface area (Å²) in [6.07, 6.45) is 3.19. The molecule has 1 saturated carbocycles. The van der Waals surface area contributed by atoms with Gasteiger partial charge in [-0.05, 0) is 54.7 Å². The Kier molecular flexibility index (Phi) is 5.46. The second kappa shape index (κ2) is 8.24. The summed E-state index contributed by atoms with van der Waals surface area (Å²) in [6.45, 7) is 3.80. The maximum Gasteiger partial charge on any atom is 0.225 e. The molecule has 5 heteroatoms. The van der Waals surface area contributed by atoms with Gasteiger partial charge in [0.1, 0.15) is 5.75 Å². The van der Waals surface area contributed by atoms with Crippen LogP contribution in [0.15, 0.2) is 48.5 Å². The highest BCUT2D eigenvalue weighted by atomic mass is 35.5. The molecule has 5 rings (SSSR count). The van der Waals surface area contributed by atoms with E-state index in [1.54, 1.807) is 7.11 Å². The van der Waals surface area contributed by atoms with Gasteiger partial charge in [-0.15, -0.1) is 0 Å². The topological polar surface area (TPSA) is 32.8 Å². The lowest BCUT2D eigenvalue weighted by Gasteiger charge is -2.39. The first-order valence-corrected chi connectivity index (χ1v) is 11.4. The summed E-state index contributed by atoms with van der Waals surface area (Å²) in [5, 5.41) is 0.792. The standard InChI is InChI=1S/C25H29ClN2O2/c1-30-21-9-7-18(8-10-21)22-16-28(25(29)19-5-6-19)24-11-12-27(15-23(22)24)14-17-3-2-4-20(26)13-17/h2-4,7-10,13,19,22-24H,5-6,11-12,14-16H2,1H3/t22-,23-,24-/m1/s1. The Balaban J connectivity index is 1.37. The highest BCUT2D eigenvalue weighted by Gasteiger charge is 2.49. The minimum Gasteiger partial charge on any atom is -0.497 e. The van der Waals surface area contributed by atoms with E-state index in [0.717, 1.165) is 56.2 Å². The van der Waals surface area contributed by atoms with E-state index in [2.05, 4.69) is 34.1 Å². The fourth-order valence-electron chi connectivity index (χ4n) is 5.36. The second-order valence-electron chi connectivity index (χ2n) is 9.03. The van der Waals surface area contributed by atoms with Gasteiger partial charge in [0.25, 0.3) is 0 Å². The number of piperidine rings is 1. The number of hydrogen-bond donors (Lipinski definition) is 0. The van der Waals surface area contributed by atoms with Gasteiger partial charge in [0, 0.05) is 55.0 Å². The molecule has 0 bridgehead atoms. The fraction of sp³-hybridized carbons (Fsp3) is 0.480. The van der Waals surface area contributed by atoms with Crippen molar-refractivity contribution in [2.45, 2.75) is 37.8 Å². The SMILES string of the molecule is COc1ccc([C@H]2CN(C(=O)C3CC3)[C@@H]3CCN(Cc4cccc(Cl)c4)C[C@H]23)cc1. The molecule has 2 aromatic carbocycles. The van der Waals surface area contributed by atoms with Gasteiger partial charge < -0.3 is 9.64 Å². The van der Waals surface area contributed by atoms with E-state index in [1.165, 1.54) is 11.1 Å². The Hall–Kier alpha value is -2.04. The molecule has 2 aromatic rings. The summed E-state index contributed by atoms with van der Waals surface area (Å²) in [7, 11) is 1.70. The maximum absolute atomic E-state index is 13.0. The van der Waals surface area contributed by atoms with Crippen LogP contribution in [-0.4, -0.2) is 48.5 Å². The third kappa shape index (κ3) is 3.95. The third-order valence-corrected chi connectivity index (χ3v) is 7.30. The Morgan fingerprint density at radius 2 is 1.90 bits per heavy atom. The van der Waals surface area contributed by atoms with E-state index >= 15 is 0 Å². The number of hydrogen-bond acceptors (Lipinski definition) is 3. The van der Waals surface area contributed by atoms with Gasteiger partial charge in [-0.25, -0.2) is 0 Å². The number of nitrogens with zero attached hydrogens (tertiary/aromatic N) is 2. The van der Waals surface area contributed by atoms with Gasteiger partial charge in [0.2, 0.25) is 5.91 Å². The van der Waals surface area contributed by atoms with Crippen molar-refractivity contribution >= 4 is 17.5 Å². The van der Waals surface area contributed by atoms with E-state index in [4.69, 9.17) is 16.3 Å². The lowest BCUT2D eigenvalue weighted by atomic mass is 9.81. The number of halogens is 1. The van der Waals surface area contributed by atoms with Crippen LogP contribution in [0, 0.1) is 11.8 Å². The van der Waals surface area contributed by atoms with Crippen LogP contribution in [-0.2, 0) is 11.3 Å². The molecule has 0 unspecified atom stereocenters. The van der Waals surface area contributed by atoms with Crippen LogP contribution >= 0.6 is 11.6 Å². The number of amides is 1. The lowest BCUT2D eigenvalue weighted by Crippen LogP contribution is -2.48. The molecule has 1 amide bonds. The quantitative estimate of drug-likeness (QED) is 0.704. The van der Waals surface area contributed by atoms with Crippen LogP contribution in [0.3, 0.4) is 0 Å². The van der Waals surface area contributed by atoms with E-state index in [1.807, 2.05) is 24.3 Å². The highest BCUT2D eigenvalue weighted by Crippen LogP contribution is 2.44. The van der Waals surface area contributed by atoms with E-state index in [-0.39, 0.29) is 5.92 Å². The van der Waals surface area contributed by atoms with Crippen LogP contribution in [0.4, 0.5) is 0 Å². The molecule has 30 heavy (non-hydrogen) atoms. The number of likely N-dealkylation sites (tertiary alicyclic amines) is 2. The summed E-state index contributed by atoms with van der Waals surface area (Å²) in [5.41, 5.74) is 2.58. The molecule has 158 valence electrons. The third-order valence-electron chi connectivity index (χ3n) is 7.06. The minimum absolute atomic E-state index is 0.282. The van der Waals surface area contributed by atoms with Crippen LogP contribution in [0.1, 0.15) is 36.3 Å². The molecule has 3 fully saturated rings. The van der Waals surface area contributed by atoms with Crippen molar-refractivity contribution in [2.24, 2.45) is 11.8 Å². The largest absolute Gasteiger partial charge is 0.497 e. The van der Waals surface area contributed by atoms with Crippen LogP contribution in [0.25, 0.3) is 0 Å². The highest BCUT2D eigenvalue weighted by molar-refractivity contribution is 6.30. The van der Waals surface area contributed by atoms with Gasteiger partial charge in [-0.2, -0.15) is 0 Å². The predicted molar refractivity (Wildman–Crippen MR) is 119 cm³/mol. The monoisotopic (exact) mass is 424 g/mol. The summed E-state index contributed by atoms with van der Waals surface area (Å²) in [6, 6.07) is 17.0. The van der Waals surface area contributed by atoms with Crippen LogP contribution in [0.2, 0.25) is 5.02 Å². The molecule has 0 radical (unpaired) electrons. The zero-order chi connectivity index (χ0) is 20.7. The van der Waals surface area contributed by atoms with E-state index in [9.17, 15) is 4.79 Å². The molecule has 2 aliphatic heterocycles. The summed E-state index contributed by atoms with van der Waals surface area (Å²) in [5.74, 6) is 2.40. The first-order valence-electron chi connectivity index (χ1n) is 11.0. The summed E-state index contributed by atoms with van der Waals surface area (Å²) in [4.78, 5) is 17.8. The number of carbonyl (C=O) groups is 1. The fourth-order valence-corrected chi connectivity index (χ4v) is 5.58. The molecule has 0 N–H and O–H groups in total. The van der Waals surface area contributed by atoms with Crippen LogP contribution in [0.5, 0.6) is 5.75 Å². The molecule has 4 nitrogen and oxygen atoms in total. The molecule has 2 saturated heterocycles. The molecular weight excluding hydrogens is 396 g/mol. The molecule has 0 spiro atoms. The number of fused-ring (bicyclic) bond motifs is 1. The van der Waals surface area contributed by atoms with E-state index < -0.39 is 0 Å². The lowest BCUT2D eigenvalue weighted by molar-refractivity contribution is -0.134. The normalized spacial score (nSPS) is 26.5. The van der Waals surface area contributed by atoms with Crippen molar-refractivity contribution in [1.29, 1.82) is 0 Å². The van der Waals surface area contributed by atoms with Crippen molar-refractivity contribution in [1.82, 2.24) is 9.80 Å². The van der Waals surface area contributed by atoms with Crippen molar-refractivity contribution < 1.29 is 9.53 Å². The smallest absolute Gasteiger partial charge is 0.225 e. The Morgan fingerprint density at radius 3 is 2.60 bits per heavy atom. The Morgan fingerprint density at radius 1 is 1.10 bits per heavy atom. The predicted octanol–water partition coefficient (Wildman–Crippen LogP) is 4.58. The number of benzene rings is 2. The summed E-state index contributed by atoms with van der Waals surface area (Å²) >= 11 is 6.20. The number of methoxy groups -OCH3 is 1. The van der Waals surface area contributed by atoms with Crippen molar-refractivity contribution in [2.75, 3.05) is 26.7 Å². The van der Waals surface area contributed by atoms with Gasteiger partial charge >= 0.3 is 0 Å². The van der Waals surface area contributed by atoms with E-state index in [0.29, 0.717) is 23.8 Å². The van der Waals surface area contributed by atoms with Gasteiger partial charge in [-0.3, -0.25) is 9.69 Å². The van der Waals surface area contributed by atoms with Crippen LogP contribution < -0.4 is 4.74 Å². The Bertz CT molecular complexity index is 912. The number of carbonyl (C=O) groups excluding carboxylic acids is 1. The second-order valence-corrected chi connectivity index (χ2v) is 9.47. The van der Waals surface area contributed by atoms with Gasteiger partial charge in [-0.1, -0.05) is 35.9 Å². The Labute approximate surface area is 183 Å². The number of rotatable bonds is 5. The summed E-state index contributed by atoms with van der Waals surface area (Å²) < 4.78 is 5.35. The van der Waals surface area contributed by atoms with Crippen molar-refractivity contribution in [3.63, 3.8) is 0 Å². The van der Waals surface area contributed by atoms with Gasteiger partial charge in [0.15, 0.2) is 0 Å².